The summed E-state index contributed by atoms with van der Waals surface area (Å²) in [6.07, 6.45) is 1.09. The largest absolute Gasteiger partial charge is 0.339 e. The third-order valence-electron chi connectivity index (χ3n) is 3.00. The number of nitrogens with zero attached hydrogens (tertiary/aromatic N) is 1. The van der Waals surface area contributed by atoms with Crippen LogP contribution in [-0.4, -0.2) is 35.6 Å². The van der Waals surface area contributed by atoms with E-state index in [9.17, 15) is 9.59 Å². The SMILES string of the molecule is O=C1CSc2ccc(C(=O)N3CCC3)cc2N1. The third kappa shape index (κ3) is 1.91. The molecule has 0 atom stereocenters. The number of thioether (sulfide) groups is 1. The number of anilines is 1. The molecule has 1 aromatic carbocycles. The van der Waals surface area contributed by atoms with Crippen molar-refractivity contribution in [2.45, 2.75) is 11.3 Å². The first-order valence-electron chi connectivity index (χ1n) is 5.60. The van der Waals surface area contributed by atoms with E-state index in [1.165, 1.54) is 11.8 Å². The van der Waals surface area contributed by atoms with Gasteiger partial charge >= 0.3 is 0 Å². The maximum absolute atomic E-state index is 12.0. The molecule has 1 fully saturated rings. The van der Waals surface area contributed by atoms with Crippen molar-refractivity contribution in [3.63, 3.8) is 0 Å². The Morgan fingerprint density at radius 3 is 2.88 bits per heavy atom. The lowest BCUT2D eigenvalue weighted by atomic mass is 10.1. The molecule has 5 heteroatoms. The lowest BCUT2D eigenvalue weighted by Crippen LogP contribution is -2.42. The van der Waals surface area contributed by atoms with Gasteiger partial charge in [0, 0.05) is 23.5 Å². The number of carbonyl (C=O) groups is 2. The van der Waals surface area contributed by atoms with Gasteiger partial charge in [0.15, 0.2) is 0 Å². The number of hydrogen-bond donors (Lipinski definition) is 1. The molecule has 2 heterocycles. The minimum Gasteiger partial charge on any atom is -0.339 e. The molecule has 0 saturated carbocycles. The maximum Gasteiger partial charge on any atom is 0.253 e. The summed E-state index contributed by atoms with van der Waals surface area (Å²) in [5.41, 5.74) is 1.42. The Balaban J connectivity index is 1.89. The van der Waals surface area contributed by atoms with Crippen LogP contribution < -0.4 is 5.32 Å². The molecule has 1 aromatic rings. The van der Waals surface area contributed by atoms with Crippen LogP contribution in [0.15, 0.2) is 23.1 Å². The van der Waals surface area contributed by atoms with Crippen molar-refractivity contribution in [2.24, 2.45) is 0 Å². The summed E-state index contributed by atoms with van der Waals surface area (Å²) >= 11 is 1.51. The van der Waals surface area contributed by atoms with Gasteiger partial charge in [0.1, 0.15) is 0 Å². The van der Waals surface area contributed by atoms with Crippen molar-refractivity contribution in [2.75, 3.05) is 24.2 Å². The number of nitrogens with one attached hydrogen (secondary N) is 1. The first-order valence-corrected chi connectivity index (χ1v) is 6.58. The lowest BCUT2D eigenvalue weighted by molar-refractivity contribution is -0.113. The van der Waals surface area contributed by atoms with E-state index < -0.39 is 0 Å². The first kappa shape index (κ1) is 10.7. The molecule has 0 bridgehead atoms. The molecule has 0 radical (unpaired) electrons. The second kappa shape index (κ2) is 4.07. The molecule has 0 spiro atoms. The van der Waals surface area contributed by atoms with Crippen LogP contribution in [0.3, 0.4) is 0 Å². The van der Waals surface area contributed by atoms with Gasteiger partial charge in [0.05, 0.1) is 11.4 Å². The summed E-state index contributed by atoms with van der Waals surface area (Å²) in [6, 6.07) is 5.52. The fourth-order valence-electron chi connectivity index (χ4n) is 1.92. The summed E-state index contributed by atoms with van der Waals surface area (Å²) < 4.78 is 0. The van der Waals surface area contributed by atoms with Gasteiger partial charge in [-0.2, -0.15) is 0 Å². The topological polar surface area (TPSA) is 49.4 Å². The Bertz CT molecular complexity index is 497. The van der Waals surface area contributed by atoms with Crippen molar-refractivity contribution in [3.05, 3.63) is 23.8 Å². The number of carbonyl (C=O) groups excluding carboxylic acids is 2. The van der Waals surface area contributed by atoms with Crippen molar-refractivity contribution >= 4 is 29.3 Å². The van der Waals surface area contributed by atoms with Crippen molar-refractivity contribution < 1.29 is 9.59 Å². The second-order valence-electron chi connectivity index (χ2n) is 4.19. The van der Waals surface area contributed by atoms with Gasteiger partial charge in [-0.05, 0) is 24.6 Å². The zero-order valence-corrected chi connectivity index (χ0v) is 10.0. The number of fused-ring (bicyclic) bond motifs is 1. The van der Waals surface area contributed by atoms with Gasteiger partial charge in [-0.25, -0.2) is 0 Å². The smallest absolute Gasteiger partial charge is 0.253 e. The summed E-state index contributed by atoms with van der Waals surface area (Å²) in [6.45, 7) is 1.69. The third-order valence-corrected chi connectivity index (χ3v) is 4.08. The zero-order chi connectivity index (χ0) is 11.8. The molecule has 88 valence electrons. The normalized spacial score (nSPS) is 18.1. The average Bonchev–Trinajstić information content (AvgIpc) is 2.25. The van der Waals surface area contributed by atoms with Crippen LogP contribution in [-0.2, 0) is 4.79 Å². The van der Waals surface area contributed by atoms with Crippen LogP contribution in [0.1, 0.15) is 16.8 Å². The van der Waals surface area contributed by atoms with E-state index >= 15 is 0 Å². The predicted octanol–water partition coefficient (Wildman–Crippen LogP) is 1.58. The fourth-order valence-corrected chi connectivity index (χ4v) is 2.71. The van der Waals surface area contributed by atoms with Gasteiger partial charge < -0.3 is 10.2 Å². The minimum absolute atomic E-state index is 0.00366. The number of hydrogen-bond acceptors (Lipinski definition) is 3. The van der Waals surface area contributed by atoms with Crippen LogP contribution in [0.5, 0.6) is 0 Å². The molecule has 0 aromatic heterocycles. The molecule has 17 heavy (non-hydrogen) atoms. The van der Waals surface area contributed by atoms with Gasteiger partial charge in [0.25, 0.3) is 5.91 Å². The molecule has 4 nitrogen and oxygen atoms in total. The number of amides is 2. The standard InChI is InChI=1S/C12H12N2O2S/c15-11-7-17-10-3-2-8(6-9(10)13-11)12(16)14-4-1-5-14/h2-3,6H,1,4-5,7H2,(H,13,15). The van der Waals surface area contributed by atoms with E-state index in [2.05, 4.69) is 5.32 Å². The highest BCUT2D eigenvalue weighted by Crippen LogP contribution is 2.32. The molecular weight excluding hydrogens is 236 g/mol. The summed E-state index contributed by atoms with van der Waals surface area (Å²) in [7, 11) is 0. The van der Waals surface area contributed by atoms with Crippen LogP contribution in [0.4, 0.5) is 5.69 Å². The van der Waals surface area contributed by atoms with E-state index in [-0.39, 0.29) is 11.8 Å². The molecule has 0 aliphatic carbocycles. The van der Waals surface area contributed by atoms with E-state index in [1.54, 1.807) is 6.07 Å². The molecule has 2 aliphatic rings. The number of rotatable bonds is 1. The lowest BCUT2D eigenvalue weighted by Gasteiger charge is -2.31. The Morgan fingerprint density at radius 1 is 1.35 bits per heavy atom. The maximum atomic E-state index is 12.0. The summed E-state index contributed by atoms with van der Waals surface area (Å²) in [5, 5.41) is 2.80. The van der Waals surface area contributed by atoms with Crippen LogP contribution in [0.2, 0.25) is 0 Å². The second-order valence-corrected chi connectivity index (χ2v) is 5.21. The molecule has 1 saturated heterocycles. The first-order chi connectivity index (χ1) is 8.24. The quantitative estimate of drug-likeness (QED) is 0.821. The highest BCUT2D eigenvalue weighted by Gasteiger charge is 2.23. The van der Waals surface area contributed by atoms with Gasteiger partial charge in [-0.3, -0.25) is 9.59 Å². The van der Waals surface area contributed by atoms with Gasteiger partial charge in [0.2, 0.25) is 5.91 Å². The van der Waals surface area contributed by atoms with Crippen LogP contribution in [0.25, 0.3) is 0 Å². The Hall–Kier alpha value is -1.49. The molecule has 0 unspecified atom stereocenters. The minimum atomic E-state index is -0.00366. The van der Waals surface area contributed by atoms with E-state index in [0.29, 0.717) is 11.3 Å². The molecule has 2 amide bonds. The van der Waals surface area contributed by atoms with Crippen LogP contribution >= 0.6 is 11.8 Å². The van der Waals surface area contributed by atoms with Gasteiger partial charge in [-0.1, -0.05) is 0 Å². The monoisotopic (exact) mass is 248 g/mol. The highest BCUT2D eigenvalue weighted by atomic mass is 32.2. The molecule has 2 aliphatic heterocycles. The predicted molar refractivity (Wildman–Crippen MR) is 66.3 cm³/mol. The van der Waals surface area contributed by atoms with E-state index in [1.807, 2.05) is 17.0 Å². The fraction of sp³-hybridized carbons (Fsp3) is 0.333. The molecule has 1 N–H and O–H groups in total. The average molecular weight is 248 g/mol. The van der Waals surface area contributed by atoms with E-state index in [0.717, 1.165) is 30.1 Å². The van der Waals surface area contributed by atoms with Crippen molar-refractivity contribution in [3.8, 4) is 0 Å². The molecule has 3 rings (SSSR count). The van der Waals surface area contributed by atoms with E-state index in [4.69, 9.17) is 0 Å². The Morgan fingerprint density at radius 2 is 2.18 bits per heavy atom. The summed E-state index contributed by atoms with van der Waals surface area (Å²) in [5.74, 6) is 0.506. The zero-order valence-electron chi connectivity index (χ0n) is 9.23. The van der Waals surface area contributed by atoms with Crippen molar-refractivity contribution in [1.29, 1.82) is 0 Å². The Labute approximate surface area is 103 Å². The summed E-state index contributed by atoms with van der Waals surface area (Å²) in [4.78, 5) is 26.1. The number of likely N-dealkylation sites (tertiary alicyclic amines) is 1. The molecular formula is C12H12N2O2S. The number of benzene rings is 1. The van der Waals surface area contributed by atoms with Gasteiger partial charge in [-0.15, -0.1) is 11.8 Å². The van der Waals surface area contributed by atoms with Crippen molar-refractivity contribution in [1.82, 2.24) is 4.90 Å². The van der Waals surface area contributed by atoms with Crippen LogP contribution in [0, 0.1) is 0 Å². The Kier molecular flexibility index (Phi) is 2.55. The highest BCUT2D eigenvalue weighted by molar-refractivity contribution is 8.00.